The molecule has 0 aliphatic heterocycles. The SMILES string of the molecule is COc1cccc(OC)c1C1(OC)c2ccccc2-c2ccccc21. The Labute approximate surface area is 147 Å². The molecule has 0 fully saturated rings. The van der Waals surface area contributed by atoms with E-state index in [1.807, 2.05) is 30.3 Å². The van der Waals surface area contributed by atoms with Crippen LogP contribution in [0.1, 0.15) is 16.7 Å². The van der Waals surface area contributed by atoms with Crippen molar-refractivity contribution in [3.8, 4) is 22.6 Å². The van der Waals surface area contributed by atoms with E-state index in [1.54, 1.807) is 21.3 Å². The number of hydrogen-bond acceptors (Lipinski definition) is 3. The van der Waals surface area contributed by atoms with Crippen molar-refractivity contribution in [2.75, 3.05) is 21.3 Å². The van der Waals surface area contributed by atoms with Crippen molar-refractivity contribution in [2.45, 2.75) is 5.60 Å². The number of fused-ring (bicyclic) bond motifs is 3. The first-order valence-electron chi connectivity index (χ1n) is 8.24. The van der Waals surface area contributed by atoms with Gasteiger partial charge in [0.25, 0.3) is 0 Å². The highest BCUT2D eigenvalue weighted by molar-refractivity contribution is 5.83. The molecule has 0 spiro atoms. The van der Waals surface area contributed by atoms with Crippen LogP contribution in [-0.2, 0) is 10.3 Å². The fourth-order valence-corrected chi connectivity index (χ4v) is 3.98. The van der Waals surface area contributed by atoms with E-state index in [2.05, 4.69) is 36.4 Å². The molecule has 25 heavy (non-hydrogen) atoms. The molecule has 4 rings (SSSR count). The van der Waals surface area contributed by atoms with Gasteiger partial charge in [-0.25, -0.2) is 0 Å². The van der Waals surface area contributed by atoms with Crippen LogP contribution in [-0.4, -0.2) is 21.3 Å². The molecule has 3 aromatic carbocycles. The highest BCUT2D eigenvalue weighted by Gasteiger charge is 2.48. The number of rotatable bonds is 4. The van der Waals surface area contributed by atoms with Gasteiger partial charge in [0, 0.05) is 18.2 Å². The van der Waals surface area contributed by atoms with Gasteiger partial charge in [0.05, 0.1) is 19.8 Å². The molecule has 0 unspecified atom stereocenters. The Bertz CT molecular complexity index is 862. The molecule has 0 amide bonds. The molecule has 0 saturated carbocycles. The smallest absolute Gasteiger partial charge is 0.151 e. The summed E-state index contributed by atoms with van der Waals surface area (Å²) in [4.78, 5) is 0. The first-order chi connectivity index (χ1) is 12.3. The van der Waals surface area contributed by atoms with Gasteiger partial charge in [-0.15, -0.1) is 0 Å². The van der Waals surface area contributed by atoms with Crippen LogP contribution in [0.5, 0.6) is 11.5 Å². The van der Waals surface area contributed by atoms with Crippen LogP contribution in [0, 0.1) is 0 Å². The van der Waals surface area contributed by atoms with Crippen LogP contribution in [0.2, 0.25) is 0 Å². The van der Waals surface area contributed by atoms with E-state index >= 15 is 0 Å². The zero-order valence-corrected chi connectivity index (χ0v) is 14.6. The molecule has 3 nitrogen and oxygen atoms in total. The standard InChI is InChI=1S/C22H20O3/c1-23-19-13-8-14-20(24-2)21(19)22(25-3)17-11-6-4-9-15(17)16-10-5-7-12-18(16)22/h4-14H,1-3H3. The third-order valence-electron chi connectivity index (χ3n) is 4.99. The average molecular weight is 332 g/mol. The minimum Gasteiger partial charge on any atom is -0.496 e. The lowest BCUT2D eigenvalue weighted by Crippen LogP contribution is -2.30. The molecule has 0 saturated heterocycles. The first kappa shape index (κ1) is 15.7. The Kier molecular flexibility index (Phi) is 3.74. The largest absolute Gasteiger partial charge is 0.496 e. The van der Waals surface area contributed by atoms with Gasteiger partial charge in [-0.1, -0.05) is 54.6 Å². The van der Waals surface area contributed by atoms with Crippen LogP contribution < -0.4 is 9.47 Å². The lowest BCUT2D eigenvalue weighted by Gasteiger charge is -2.33. The van der Waals surface area contributed by atoms with E-state index in [4.69, 9.17) is 14.2 Å². The van der Waals surface area contributed by atoms with Gasteiger partial charge in [0.2, 0.25) is 0 Å². The second-order valence-corrected chi connectivity index (χ2v) is 6.01. The van der Waals surface area contributed by atoms with Gasteiger partial charge in [0.15, 0.2) is 5.60 Å². The molecule has 1 aliphatic carbocycles. The molecule has 3 aromatic rings. The Morgan fingerprint density at radius 3 is 1.52 bits per heavy atom. The van der Waals surface area contributed by atoms with Gasteiger partial charge in [-0.2, -0.15) is 0 Å². The topological polar surface area (TPSA) is 27.7 Å². The van der Waals surface area contributed by atoms with Crippen molar-refractivity contribution >= 4 is 0 Å². The van der Waals surface area contributed by atoms with E-state index in [1.165, 1.54) is 11.1 Å². The summed E-state index contributed by atoms with van der Waals surface area (Å²) in [6.45, 7) is 0. The van der Waals surface area contributed by atoms with E-state index in [9.17, 15) is 0 Å². The molecule has 0 N–H and O–H groups in total. The third-order valence-corrected chi connectivity index (χ3v) is 4.99. The maximum Gasteiger partial charge on any atom is 0.151 e. The maximum absolute atomic E-state index is 6.26. The van der Waals surface area contributed by atoms with Crippen LogP contribution in [0.25, 0.3) is 11.1 Å². The highest BCUT2D eigenvalue weighted by Crippen LogP contribution is 2.56. The molecule has 0 aromatic heterocycles. The Hall–Kier alpha value is -2.78. The molecular formula is C22H20O3. The minimum absolute atomic E-state index is 0.743. The monoisotopic (exact) mass is 332 g/mol. The maximum atomic E-state index is 6.26. The van der Waals surface area contributed by atoms with Gasteiger partial charge in [-0.05, 0) is 23.3 Å². The lowest BCUT2D eigenvalue weighted by molar-refractivity contribution is 0.0579. The summed E-state index contributed by atoms with van der Waals surface area (Å²) in [6.07, 6.45) is 0. The molecule has 3 heteroatoms. The predicted octanol–water partition coefficient (Wildman–Crippen LogP) is 4.62. The lowest BCUT2D eigenvalue weighted by atomic mass is 9.82. The average Bonchev–Trinajstić information content (AvgIpc) is 2.98. The molecule has 0 atom stereocenters. The second-order valence-electron chi connectivity index (χ2n) is 6.01. The van der Waals surface area contributed by atoms with Crippen molar-refractivity contribution in [3.63, 3.8) is 0 Å². The van der Waals surface area contributed by atoms with Gasteiger partial charge in [-0.3, -0.25) is 0 Å². The number of benzene rings is 3. The quantitative estimate of drug-likeness (QED) is 0.697. The summed E-state index contributed by atoms with van der Waals surface area (Å²) < 4.78 is 17.7. The fourth-order valence-electron chi connectivity index (χ4n) is 3.98. The number of methoxy groups -OCH3 is 3. The van der Waals surface area contributed by atoms with Crippen LogP contribution in [0.4, 0.5) is 0 Å². The van der Waals surface area contributed by atoms with Crippen LogP contribution >= 0.6 is 0 Å². The minimum atomic E-state index is -0.773. The Morgan fingerprint density at radius 1 is 0.600 bits per heavy atom. The van der Waals surface area contributed by atoms with E-state index in [0.29, 0.717) is 0 Å². The number of hydrogen-bond donors (Lipinski definition) is 0. The van der Waals surface area contributed by atoms with Crippen LogP contribution in [0.3, 0.4) is 0 Å². The summed E-state index contributed by atoms with van der Waals surface area (Å²) in [5, 5.41) is 0. The van der Waals surface area contributed by atoms with Crippen molar-refractivity contribution in [1.29, 1.82) is 0 Å². The summed E-state index contributed by atoms with van der Waals surface area (Å²) in [5.74, 6) is 1.49. The highest BCUT2D eigenvalue weighted by atomic mass is 16.5. The molecule has 0 radical (unpaired) electrons. The fraction of sp³-hybridized carbons (Fsp3) is 0.182. The Balaban J connectivity index is 2.16. The van der Waals surface area contributed by atoms with E-state index < -0.39 is 5.60 Å². The summed E-state index contributed by atoms with van der Waals surface area (Å²) in [6, 6.07) is 22.5. The zero-order chi connectivity index (χ0) is 17.4. The van der Waals surface area contributed by atoms with Gasteiger partial charge in [0.1, 0.15) is 11.5 Å². The van der Waals surface area contributed by atoms with Crippen molar-refractivity contribution in [1.82, 2.24) is 0 Å². The normalized spacial score (nSPS) is 13.9. The van der Waals surface area contributed by atoms with Crippen molar-refractivity contribution in [3.05, 3.63) is 83.4 Å². The van der Waals surface area contributed by atoms with Crippen molar-refractivity contribution in [2.24, 2.45) is 0 Å². The summed E-state index contributed by atoms with van der Waals surface area (Å²) in [7, 11) is 5.09. The zero-order valence-electron chi connectivity index (χ0n) is 14.6. The molecule has 0 heterocycles. The van der Waals surface area contributed by atoms with Crippen molar-refractivity contribution < 1.29 is 14.2 Å². The van der Waals surface area contributed by atoms with E-state index in [-0.39, 0.29) is 0 Å². The number of ether oxygens (including phenoxy) is 3. The molecule has 126 valence electrons. The predicted molar refractivity (Wildman–Crippen MR) is 98.3 cm³/mol. The second kappa shape index (κ2) is 5.94. The molecule has 0 bridgehead atoms. The van der Waals surface area contributed by atoms with Crippen LogP contribution in [0.15, 0.2) is 66.7 Å². The third kappa shape index (κ3) is 2.02. The van der Waals surface area contributed by atoms with E-state index in [0.717, 1.165) is 28.2 Å². The first-order valence-corrected chi connectivity index (χ1v) is 8.24. The van der Waals surface area contributed by atoms with Gasteiger partial charge >= 0.3 is 0 Å². The summed E-state index contributed by atoms with van der Waals surface area (Å²) >= 11 is 0. The summed E-state index contributed by atoms with van der Waals surface area (Å²) in [5.41, 5.74) is 4.66. The van der Waals surface area contributed by atoms with Gasteiger partial charge < -0.3 is 14.2 Å². The molecular weight excluding hydrogens is 312 g/mol. The Morgan fingerprint density at radius 2 is 1.08 bits per heavy atom. The molecule has 1 aliphatic rings.